The van der Waals surface area contributed by atoms with Crippen LogP contribution in [0.3, 0.4) is 0 Å². The Bertz CT molecular complexity index is 574. The molecular weight excluding hydrogens is 332 g/mol. The molecule has 0 bridgehead atoms. The number of ether oxygens (including phenoxy) is 2. The lowest BCUT2D eigenvalue weighted by atomic mass is 9.96. The average molecular weight is 362 g/mol. The number of hydrogen-bond donors (Lipinski definition) is 1. The highest BCUT2D eigenvalue weighted by Crippen LogP contribution is 2.19. The van der Waals surface area contributed by atoms with Gasteiger partial charge in [-0.2, -0.15) is 0 Å². The van der Waals surface area contributed by atoms with Gasteiger partial charge in [-0.25, -0.2) is 0 Å². The summed E-state index contributed by atoms with van der Waals surface area (Å²) in [6.45, 7) is 5.08. The topological polar surface area (TPSA) is 67.9 Å². The second-order valence-corrected chi connectivity index (χ2v) is 6.51. The molecule has 0 aliphatic carbocycles. The molecule has 144 valence electrons. The molecule has 2 amide bonds. The van der Waals surface area contributed by atoms with Crippen LogP contribution < -0.4 is 10.1 Å². The molecule has 2 rings (SSSR count). The number of likely N-dealkylation sites (tertiary alicyclic amines) is 1. The summed E-state index contributed by atoms with van der Waals surface area (Å²) in [6.07, 6.45) is 2.67. The summed E-state index contributed by atoms with van der Waals surface area (Å²) in [4.78, 5) is 26.3. The molecule has 1 aliphatic rings. The first kappa shape index (κ1) is 20.2. The second-order valence-electron chi connectivity index (χ2n) is 6.51. The first-order valence-corrected chi connectivity index (χ1v) is 9.40. The monoisotopic (exact) mass is 362 g/mol. The minimum Gasteiger partial charge on any atom is -0.497 e. The summed E-state index contributed by atoms with van der Waals surface area (Å²) in [5, 5.41) is 2.96. The fourth-order valence-electron chi connectivity index (χ4n) is 3.08. The van der Waals surface area contributed by atoms with Crippen LogP contribution in [0.2, 0.25) is 0 Å². The minimum absolute atomic E-state index is 0.0449. The van der Waals surface area contributed by atoms with Crippen LogP contribution in [0.5, 0.6) is 5.75 Å². The van der Waals surface area contributed by atoms with Gasteiger partial charge < -0.3 is 19.7 Å². The minimum atomic E-state index is -0.115. The largest absolute Gasteiger partial charge is 0.497 e. The van der Waals surface area contributed by atoms with Crippen LogP contribution >= 0.6 is 0 Å². The summed E-state index contributed by atoms with van der Waals surface area (Å²) < 4.78 is 10.4. The predicted octanol–water partition coefficient (Wildman–Crippen LogP) is 2.02. The van der Waals surface area contributed by atoms with Gasteiger partial charge in [0, 0.05) is 39.3 Å². The van der Waals surface area contributed by atoms with Crippen molar-refractivity contribution in [3.8, 4) is 5.75 Å². The molecule has 1 aliphatic heterocycles. The van der Waals surface area contributed by atoms with Gasteiger partial charge in [0.15, 0.2) is 0 Å². The zero-order chi connectivity index (χ0) is 18.8. The molecule has 1 heterocycles. The standard InChI is InChI=1S/C20H30N2O4/c1-3-26-14-4-12-21-20(24)17-7-10-19(23)22(15-17)13-11-16-5-8-18(25-2)9-6-16/h5-6,8-9,17H,3-4,7,10-15H2,1-2H3,(H,21,24)/t17-/m0/s1. The lowest BCUT2D eigenvalue weighted by molar-refractivity contribution is -0.138. The van der Waals surface area contributed by atoms with Crippen molar-refractivity contribution in [2.45, 2.75) is 32.6 Å². The van der Waals surface area contributed by atoms with Gasteiger partial charge in [0.25, 0.3) is 0 Å². The van der Waals surface area contributed by atoms with Gasteiger partial charge >= 0.3 is 0 Å². The maximum atomic E-state index is 12.3. The van der Waals surface area contributed by atoms with Gasteiger partial charge in [-0.05, 0) is 43.9 Å². The van der Waals surface area contributed by atoms with E-state index in [1.165, 1.54) is 0 Å². The van der Waals surface area contributed by atoms with E-state index in [-0.39, 0.29) is 17.7 Å². The number of piperidine rings is 1. The SMILES string of the molecule is CCOCCCNC(=O)[C@H]1CCC(=O)N(CCc2ccc(OC)cc2)C1. The number of carbonyl (C=O) groups excluding carboxylic acids is 2. The molecule has 0 saturated carbocycles. The van der Waals surface area contributed by atoms with Gasteiger partial charge in [-0.1, -0.05) is 12.1 Å². The molecule has 1 saturated heterocycles. The van der Waals surface area contributed by atoms with Crippen LogP contribution in [0.4, 0.5) is 0 Å². The summed E-state index contributed by atoms with van der Waals surface area (Å²) in [5.41, 5.74) is 1.15. The third-order valence-corrected chi connectivity index (χ3v) is 4.67. The Hall–Kier alpha value is -2.08. The van der Waals surface area contributed by atoms with Crippen LogP contribution in [0.15, 0.2) is 24.3 Å². The molecule has 0 unspecified atom stereocenters. The molecule has 1 aromatic carbocycles. The van der Waals surface area contributed by atoms with Crippen LogP contribution in [-0.4, -0.2) is 56.7 Å². The highest BCUT2D eigenvalue weighted by molar-refractivity contribution is 5.83. The summed E-state index contributed by atoms with van der Waals surface area (Å²) in [6, 6.07) is 7.86. The number of nitrogens with one attached hydrogen (secondary N) is 1. The second kappa shape index (κ2) is 10.8. The third-order valence-electron chi connectivity index (χ3n) is 4.67. The van der Waals surface area contributed by atoms with Crippen molar-refractivity contribution in [2.24, 2.45) is 5.92 Å². The number of hydrogen-bond acceptors (Lipinski definition) is 4. The van der Waals surface area contributed by atoms with Crippen LogP contribution in [0.1, 0.15) is 31.7 Å². The van der Waals surface area contributed by atoms with Crippen molar-refractivity contribution in [1.82, 2.24) is 10.2 Å². The van der Waals surface area contributed by atoms with E-state index in [0.29, 0.717) is 45.7 Å². The van der Waals surface area contributed by atoms with Crippen LogP contribution in [0.25, 0.3) is 0 Å². The van der Waals surface area contributed by atoms with Crippen molar-refractivity contribution >= 4 is 11.8 Å². The summed E-state index contributed by atoms with van der Waals surface area (Å²) in [5.74, 6) is 0.891. The molecule has 1 aromatic rings. The number of carbonyl (C=O) groups is 2. The molecule has 1 fully saturated rings. The number of nitrogens with zero attached hydrogens (tertiary/aromatic N) is 1. The van der Waals surface area contributed by atoms with Crippen molar-refractivity contribution in [3.63, 3.8) is 0 Å². The Labute approximate surface area is 155 Å². The van der Waals surface area contributed by atoms with Crippen molar-refractivity contribution in [1.29, 1.82) is 0 Å². The van der Waals surface area contributed by atoms with Gasteiger partial charge in [-0.15, -0.1) is 0 Å². The first-order chi connectivity index (χ1) is 12.6. The molecule has 0 spiro atoms. The lowest BCUT2D eigenvalue weighted by Gasteiger charge is -2.32. The molecule has 0 aromatic heterocycles. The van der Waals surface area contributed by atoms with E-state index in [2.05, 4.69) is 5.32 Å². The van der Waals surface area contributed by atoms with Crippen molar-refractivity contribution in [2.75, 3.05) is 40.0 Å². The molecule has 1 N–H and O–H groups in total. The van der Waals surface area contributed by atoms with Gasteiger partial charge in [0.05, 0.1) is 13.0 Å². The first-order valence-electron chi connectivity index (χ1n) is 9.40. The fraction of sp³-hybridized carbons (Fsp3) is 0.600. The van der Waals surface area contributed by atoms with Crippen LogP contribution in [-0.2, 0) is 20.7 Å². The van der Waals surface area contributed by atoms with Gasteiger partial charge in [0.1, 0.15) is 5.75 Å². The van der Waals surface area contributed by atoms with Crippen LogP contribution in [0, 0.1) is 5.92 Å². The Morgan fingerprint density at radius 3 is 2.77 bits per heavy atom. The van der Waals surface area contributed by atoms with E-state index < -0.39 is 0 Å². The zero-order valence-electron chi connectivity index (χ0n) is 15.8. The number of rotatable bonds is 10. The maximum Gasteiger partial charge on any atom is 0.224 e. The van der Waals surface area contributed by atoms with E-state index in [1.807, 2.05) is 36.1 Å². The zero-order valence-corrected chi connectivity index (χ0v) is 15.8. The Morgan fingerprint density at radius 1 is 1.31 bits per heavy atom. The molecule has 1 atom stereocenters. The molecule has 6 nitrogen and oxygen atoms in total. The molecule has 0 radical (unpaired) electrons. The highest BCUT2D eigenvalue weighted by Gasteiger charge is 2.29. The van der Waals surface area contributed by atoms with E-state index >= 15 is 0 Å². The lowest BCUT2D eigenvalue weighted by Crippen LogP contribution is -2.46. The number of methoxy groups -OCH3 is 1. The number of amides is 2. The van der Waals surface area contributed by atoms with E-state index in [1.54, 1.807) is 7.11 Å². The fourth-order valence-corrected chi connectivity index (χ4v) is 3.08. The third kappa shape index (κ3) is 6.33. The molecule has 6 heteroatoms. The van der Waals surface area contributed by atoms with Gasteiger partial charge in [0.2, 0.25) is 11.8 Å². The van der Waals surface area contributed by atoms with E-state index in [4.69, 9.17) is 9.47 Å². The van der Waals surface area contributed by atoms with Gasteiger partial charge in [-0.3, -0.25) is 9.59 Å². The number of benzene rings is 1. The quantitative estimate of drug-likeness (QED) is 0.647. The Morgan fingerprint density at radius 2 is 2.08 bits per heavy atom. The Balaban J connectivity index is 1.77. The van der Waals surface area contributed by atoms with Crippen molar-refractivity contribution in [3.05, 3.63) is 29.8 Å². The summed E-state index contributed by atoms with van der Waals surface area (Å²) in [7, 11) is 1.64. The normalized spacial score (nSPS) is 17.2. The highest BCUT2D eigenvalue weighted by atomic mass is 16.5. The van der Waals surface area contributed by atoms with E-state index in [0.717, 1.165) is 24.2 Å². The molecule has 26 heavy (non-hydrogen) atoms. The maximum absolute atomic E-state index is 12.3. The predicted molar refractivity (Wildman–Crippen MR) is 100 cm³/mol. The summed E-state index contributed by atoms with van der Waals surface area (Å²) >= 11 is 0. The van der Waals surface area contributed by atoms with Crippen molar-refractivity contribution < 1.29 is 19.1 Å². The van der Waals surface area contributed by atoms with E-state index in [9.17, 15) is 9.59 Å². The Kier molecular flexibility index (Phi) is 8.41. The average Bonchev–Trinajstić information content (AvgIpc) is 2.67. The molecular formula is C20H30N2O4. The smallest absolute Gasteiger partial charge is 0.224 e.